The predicted molar refractivity (Wildman–Crippen MR) is 62.3 cm³/mol. The zero-order valence-electron chi connectivity index (χ0n) is 9.86. The molecule has 1 aliphatic rings. The van der Waals surface area contributed by atoms with Crippen molar-refractivity contribution >= 4 is 11.9 Å². The van der Waals surface area contributed by atoms with Gasteiger partial charge in [-0.1, -0.05) is 0 Å². The number of anilines is 1. The van der Waals surface area contributed by atoms with Gasteiger partial charge in [-0.15, -0.1) is 0 Å². The number of rotatable bonds is 2. The molecule has 0 amide bonds. The smallest absolute Gasteiger partial charge is 0.308 e. The van der Waals surface area contributed by atoms with E-state index in [0.717, 1.165) is 0 Å². The lowest BCUT2D eigenvalue weighted by Gasteiger charge is -2.16. The first-order chi connectivity index (χ1) is 7.99. The fourth-order valence-corrected chi connectivity index (χ4v) is 1.93. The highest BCUT2D eigenvalue weighted by molar-refractivity contribution is 5.71. The fraction of sp³-hybridized carbons (Fsp3) is 0.545. The van der Waals surface area contributed by atoms with Crippen LogP contribution in [0.2, 0.25) is 0 Å². The summed E-state index contributed by atoms with van der Waals surface area (Å²) in [5.74, 6) is -0.692. The lowest BCUT2D eigenvalue weighted by Crippen LogP contribution is -2.27. The molecule has 6 nitrogen and oxygen atoms in total. The van der Waals surface area contributed by atoms with Gasteiger partial charge in [-0.25, -0.2) is 4.98 Å². The molecule has 6 heteroatoms. The van der Waals surface area contributed by atoms with E-state index in [2.05, 4.69) is 9.97 Å². The van der Waals surface area contributed by atoms with Crippen molar-refractivity contribution in [3.05, 3.63) is 21.6 Å². The molecule has 0 spiro atoms. The minimum atomic E-state index is -0.793. The highest BCUT2D eigenvalue weighted by Crippen LogP contribution is 2.20. The monoisotopic (exact) mass is 237 g/mol. The third-order valence-electron chi connectivity index (χ3n) is 3.22. The van der Waals surface area contributed by atoms with Gasteiger partial charge in [0.25, 0.3) is 5.56 Å². The zero-order chi connectivity index (χ0) is 12.6. The second kappa shape index (κ2) is 4.20. The van der Waals surface area contributed by atoms with Gasteiger partial charge in [0.05, 0.1) is 5.92 Å². The van der Waals surface area contributed by atoms with Gasteiger partial charge in [0.15, 0.2) is 0 Å². The van der Waals surface area contributed by atoms with Gasteiger partial charge in [0.1, 0.15) is 0 Å². The van der Waals surface area contributed by atoms with Crippen LogP contribution in [0.25, 0.3) is 0 Å². The minimum absolute atomic E-state index is 0.161. The zero-order valence-corrected chi connectivity index (χ0v) is 9.86. The standard InChI is InChI=1S/C11H15N3O3/c1-6-7(2)12-11(13-9(6)15)14-4-3-8(5-14)10(16)17/h8H,3-5H2,1-2H3,(H,16,17)(H,12,13,15). The molecule has 0 bridgehead atoms. The third kappa shape index (κ3) is 2.15. The Hall–Kier alpha value is -1.85. The van der Waals surface area contributed by atoms with Gasteiger partial charge in [0.2, 0.25) is 5.95 Å². The van der Waals surface area contributed by atoms with E-state index < -0.39 is 5.97 Å². The molecule has 0 aromatic carbocycles. The third-order valence-corrected chi connectivity index (χ3v) is 3.22. The molecule has 1 aliphatic heterocycles. The summed E-state index contributed by atoms with van der Waals surface area (Å²) in [6.07, 6.45) is 0.589. The normalized spacial score (nSPS) is 19.6. The largest absolute Gasteiger partial charge is 0.481 e. The van der Waals surface area contributed by atoms with Crippen molar-refractivity contribution < 1.29 is 9.90 Å². The van der Waals surface area contributed by atoms with Gasteiger partial charge < -0.3 is 10.0 Å². The number of carboxylic acids is 1. The first-order valence-electron chi connectivity index (χ1n) is 5.54. The van der Waals surface area contributed by atoms with Crippen LogP contribution in [-0.2, 0) is 4.79 Å². The molecule has 2 rings (SSSR count). The van der Waals surface area contributed by atoms with Crippen LogP contribution >= 0.6 is 0 Å². The van der Waals surface area contributed by atoms with E-state index in [1.54, 1.807) is 13.8 Å². The van der Waals surface area contributed by atoms with E-state index in [1.165, 1.54) is 0 Å². The molecule has 1 unspecified atom stereocenters. The Kier molecular flexibility index (Phi) is 2.87. The van der Waals surface area contributed by atoms with Crippen LogP contribution in [0.1, 0.15) is 17.7 Å². The Balaban J connectivity index is 2.25. The van der Waals surface area contributed by atoms with E-state index in [0.29, 0.717) is 36.7 Å². The molecule has 1 saturated heterocycles. The molecule has 17 heavy (non-hydrogen) atoms. The average molecular weight is 237 g/mol. The number of nitrogens with one attached hydrogen (secondary N) is 1. The van der Waals surface area contributed by atoms with E-state index in [9.17, 15) is 9.59 Å². The fourth-order valence-electron chi connectivity index (χ4n) is 1.93. The second-order valence-corrected chi connectivity index (χ2v) is 4.37. The number of aromatic nitrogens is 2. The molecular formula is C11H15N3O3. The molecular weight excluding hydrogens is 222 g/mol. The summed E-state index contributed by atoms with van der Waals surface area (Å²) in [6.45, 7) is 4.51. The first kappa shape index (κ1) is 11.6. The summed E-state index contributed by atoms with van der Waals surface area (Å²) in [6, 6.07) is 0. The Morgan fingerprint density at radius 1 is 1.53 bits per heavy atom. The summed E-state index contributed by atoms with van der Waals surface area (Å²) < 4.78 is 0. The SMILES string of the molecule is Cc1nc(N2CCC(C(=O)O)C2)[nH]c(=O)c1C. The molecule has 1 fully saturated rings. The van der Waals surface area contributed by atoms with Crippen LogP contribution in [-0.4, -0.2) is 34.1 Å². The molecule has 92 valence electrons. The molecule has 0 aliphatic carbocycles. The number of nitrogens with zero attached hydrogens (tertiary/aromatic N) is 2. The summed E-state index contributed by atoms with van der Waals surface area (Å²) in [5, 5.41) is 8.91. The summed E-state index contributed by atoms with van der Waals surface area (Å²) in [7, 11) is 0. The van der Waals surface area contributed by atoms with Crippen molar-refractivity contribution in [3.63, 3.8) is 0 Å². The second-order valence-electron chi connectivity index (χ2n) is 4.37. The van der Waals surface area contributed by atoms with Crippen LogP contribution < -0.4 is 10.5 Å². The van der Waals surface area contributed by atoms with E-state index in [1.807, 2.05) is 4.90 Å². The van der Waals surface area contributed by atoms with Gasteiger partial charge in [0, 0.05) is 24.3 Å². The number of aryl methyl sites for hydroxylation is 1. The number of aliphatic carboxylic acids is 1. The first-order valence-corrected chi connectivity index (χ1v) is 5.54. The van der Waals surface area contributed by atoms with Gasteiger partial charge in [-0.2, -0.15) is 0 Å². The van der Waals surface area contributed by atoms with Crippen molar-refractivity contribution in [2.75, 3.05) is 18.0 Å². The maximum Gasteiger partial charge on any atom is 0.308 e. The number of carbonyl (C=O) groups is 1. The number of carboxylic acid groups (broad SMARTS) is 1. The molecule has 2 heterocycles. The Morgan fingerprint density at radius 3 is 2.76 bits per heavy atom. The molecule has 1 atom stereocenters. The Labute approximate surface area is 98.3 Å². The molecule has 0 saturated carbocycles. The summed E-state index contributed by atoms with van der Waals surface area (Å²) in [5.41, 5.74) is 1.12. The van der Waals surface area contributed by atoms with Gasteiger partial charge >= 0.3 is 5.97 Å². The molecule has 1 aromatic heterocycles. The number of hydrogen-bond acceptors (Lipinski definition) is 4. The van der Waals surface area contributed by atoms with Gasteiger partial charge in [-0.3, -0.25) is 14.6 Å². The number of hydrogen-bond donors (Lipinski definition) is 2. The van der Waals surface area contributed by atoms with Gasteiger partial charge in [-0.05, 0) is 20.3 Å². The lowest BCUT2D eigenvalue weighted by molar-refractivity contribution is -0.140. The van der Waals surface area contributed by atoms with Crippen LogP contribution in [0.4, 0.5) is 5.95 Å². The molecule has 0 radical (unpaired) electrons. The Bertz CT molecular complexity index is 509. The van der Waals surface area contributed by atoms with Crippen LogP contribution in [0.5, 0.6) is 0 Å². The van der Waals surface area contributed by atoms with Crippen molar-refractivity contribution in [2.45, 2.75) is 20.3 Å². The maximum absolute atomic E-state index is 11.6. The molecule has 1 aromatic rings. The lowest BCUT2D eigenvalue weighted by atomic mass is 10.1. The number of H-pyrrole nitrogens is 1. The maximum atomic E-state index is 11.6. The summed E-state index contributed by atoms with van der Waals surface area (Å²) >= 11 is 0. The highest BCUT2D eigenvalue weighted by Gasteiger charge is 2.29. The highest BCUT2D eigenvalue weighted by atomic mass is 16.4. The molecule has 2 N–H and O–H groups in total. The van der Waals surface area contributed by atoms with Crippen molar-refractivity contribution in [1.29, 1.82) is 0 Å². The Morgan fingerprint density at radius 2 is 2.24 bits per heavy atom. The quantitative estimate of drug-likeness (QED) is 0.772. The number of aromatic amines is 1. The van der Waals surface area contributed by atoms with Crippen LogP contribution in [0.15, 0.2) is 4.79 Å². The van der Waals surface area contributed by atoms with E-state index in [4.69, 9.17) is 5.11 Å². The van der Waals surface area contributed by atoms with Crippen molar-refractivity contribution in [3.8, 4) is 0 Å². The van der Waals surface area contributed by atoms with E-state index in [-0.39, 0.29) is 11.5 Å². The summed E-state index contributed by atoms with van der Waals surface area (Å²) in [4.78, 5) is 31.2. The van der Waals surface area contributed by atoms with E-state index >= 15 is 0 Å². The topological polar surface area (TPSA) is 86.3 Å². The minimum Gasteiger partial charge on any atom is -0.481 e. The predicted octanol–water partition coefficient (Wildman–Crippen LogP) is 0.298. The van der Waals surface area contributed by atoms with Crippen LogP contribution in [0.3, 0.4) is 0 Å². The van der Waals surface area contributed by atoms with Crippen molar-refractivity contribution in [2.24, 2.45) is 5.92 Å². The van der Waals surface area contributed by atoms with Crippen molar-refractivity contribution in [1.82, 2.24) is 9.97 Å². The van der Waals surface area contributed by atoms with Crippen LogP contribution in [0, 0.1) is 19.8 Å². The average Bonchev–Trinajstić information content (AvgIpc) is 2.74.